The summed E-state index contributed by atoms with van der Waals surface area (Å²) in [6.45, 7) is 17.7. The van der Waals surface area contributed by atoms with Gasteiger partial charge in [-0.15, -0.1) is 0 Å². The highest BCUT2D eigenvalue weighted by Crippen LogP contribution is 2.25. The molecule has 3 atom stereocenters. The number of nitrogens with one attached hydrogen (secondary N) is 1. The van der Waals surface area contributed by atoms with Crippen molar-refractivity contribution in [3.63, 3.8) is 0 Å². The first-order chi connectivity index (χ1) is 7.30. The standard InChI is InChI=1S/C14H30N2/c1-11-9-15-12(2)7-8-16(10-11)13(3)14(4,5)6/h11-13,15H,7-10H2,1-6H3. The van der Waals surface area contributed by atoms with Crippen LogP contribution >= 0.6 is 0 Å². The zero-order valence-corrected chi connectivity index (χ0v) is 12.0. The molecule has 96 valence electrons. The van der Waals surface area contributed by atoms with Crippen molar-refractivity contribution in [2.45, 2.75) is 60.0 Å². The van der Waals surface area contributed by atoms with Crippen LogP contribution in [0.2, 0.25) is 0 Å². The molecule has 1 aliphatic rings. The van der Waals surface area contributed by atoms with Crippen molar-refractivity contribution in [2.24, 2.45) is 11.3 Å². The summed E-state index contributed by atoms with van der Waals surface area (Å²) in [4.78, 5) is 2.68. The summed E-state index contributed by atoms with van der Waals surface area (Å²) in [5.41, 5.74) is 0.385. The maximum atomic E-state index is 3.61. The first kappa shape index (κ1) is 14.0. The first-order valence-corrected chi connectivity index (χ1v) is 6.78. The molecule has 2 nitrogen and oxygen atoms in total. The van der Waals surface area contributed by atoms with Gasteiger partial charge >= 0.3 is 0 Å². The second-order valence-electron chi connectivity index (χ2n) is 6.74. The molecule has 1 heterocycles. The first-order valence-electron chi connectivity index (χ1n) is 6.78. The average molecular weight is 226 g/mol. The van der Waals surface area contributed by atoms with Crippen LogP contribution in [-0.2, 0) is 0 Å². The summed E-state index contributed by atoms with van der Waals surface area (Å²) >= 11 is 0. The number of hydrogen-bond acceptors (Lipinski definition) is 2. The number of hydrogen-bond donors (Lipinski definition) is 1. The van der Waals surface area contributed by atoms with Crippen LogP contribution in [0.4, 0.5) is 0 Å². The minimum absolute atomic E-state index is 0.385. The molecule has 0 aromatic rings. The fourth-order valence-electron chi connectivity index (χ4n) is 2.32. The Labute approximate surface area is 102 Å². The molecular weight excluding hydrogens is 196 g/mol. The van der Waals surface area contributed by atoms with Crippen molar-refractivity contribution < 1.29 is 0 Å². The largest absolute Gasteiger partial charge is 0.314 e. The molecule has 0 saturated carbocycles. The smallest absolute Gasteiger partial charge is 0.0116 e. The lowest BCUT2D eigenvalue weighted by Gasteiger charge is -2.41. The summed E-state index contributed by atoms with van der Waals surface area (Å²) in [5.74, 6) is 0.757. The van der Waals surface area contributed by atoms with E-state index < -0.39 is 0 Å². The van der Waals surface area contributed by atoms with Crippen LogP contribution in [0.15, 0.2) is 0 Å². The van der Waals surface area contributed by atoms with Crippen LogP contribution < -0.4 is 5.32 Å². The van der Waals surface area contributed by atoms with E-state index in [0.29, 0.717) is 17.5 Å². The minimum atomic E-state index is 0.385. The normalized spacial score (nSPS) is 31.9. The summed E-state index contributed by atoms with van der Waals surface area (Å²) < 4.78 is 0. The molecule has 1 rings (SSSR count). The van der Waals surface area contributed by atoms with Gasteiger partial charge in [0.25, 0.3) is 0 Å². The van der Waals surface area contributed by atoms with Gasteiger partial charge in [-0.3, -0.25) is 4.90 Å². The molecule has 0 bridgehead atoms. The van der Waals surface area contributed by atoms with E-state index in [1.807, 2.05) is 0 Å². The Morgan fingerprint density at radius 2 is 1.88 bits per heavy atom. The van der Waals surface area contributed by atoms with Crippen LogP contribution in [0.5, 0.6) is 0 Å². The summed E-state index contributed by atoms with van der Waals surface area (Å²) in [7, 11) is 0. The Balaban J connectivity index is 2.62. The number of nitrogens with zero attached hydrogens (tertiary/aromatic N) is 1. The van der Waals surface area contributed by atoms with E-state index in [0.717, 1.165) is 12.5 Å². The van der Waals surface area contributed by atoms with E-state index in [1.165, 1.54) is 19.5 Å². The van der Waals surface area contributed by atoms with Gasteiger partial charge in [0.1, 0.15) is 0 Å². The molecule has 0 aromatic heterocycles. The van der Waals surface area contributed by atoms with Crippen LogP contribution in [0, 0.1) is 11.3 Å². The van der Waals surface area contributed by atoms with Gasteiger partial charge < -0.3 is 5.32 Å². The van der Waals surface area contributed by atoms with E-state index >= 15 is 0 Å². The van der Waals surface area contributed by atoms with Gasteiger partial charge in [0.15, 0.2) is 0 Å². The Morgan fingerprint density at radius 3 is 2.44 bits per heavy atom. The Hall–Kier alpha value is -0.0800. The Kier molecular flexibility index (Phi) is 4.81. The SMILES string of the molecule is CC1CNC(C)CCN(C(C)C(C)(C)C)C1. The number of rotatable bonds is 1. The van der Waals surface area contributed by atoms with E-state index in [1.54, 1.807) is 0 Å². The van der Waals surface area contributed by atoms with E-state index in [9.17, 15) is 0 Å². The van der Waals surface area contributed by atoms with Crippen molar-refractivity contribution in [2.75, 3.05) is 19.6 Å². The molecule has 16 heavy (non-hydrogen) atoms. The van der Waals surface area contributed by atoms with Crippen LogP contribution in [0.25, 0.3) is 0 Å². The van der Waals surface area contributed by atoms with E-state index in [2.05, 4.69) is 51.8 Å². The van der Waals surface area contributed by atoms with Gasteiger partial charge in [-0.2, -0.15) is 0 Å². The molecule has 1 saturated heterocycles. The molecule has 0 aliphatic carbocycles. The van der Waals surface area contributed by atoms with Gasteiger partial charge in [-0.25, -0.2) is 0 Å². The third kappa shape index (κ3) is 4.06. The zero-order chi connectivity index (χ0) is 12.3. The van der Waals surface area contributed by atoms with Crippen LogP contribution in [0.3, 0.4) is 0 Å². The molecule has 1 aliphatic heterocycles. The van der Waals surface area contributed by atoms with Gasteiger partial charge in [-0.1, -0.05) is 27.7 Å². The maximum Gasteiger partial charge on any atom is 0.0116 e. The predicted molar refractivity (Wildman–Crippen MR) is 71.7 cm³/mol. The highest BCUT2D eigenvalue weighted by Gasteiger charge is 2.28. The third-order valence-corrected chi connectivity index (χ3v) is 4.01. The molecule has 0 aromatic carbocycles. The molecule has 0 amide bonds. The zero-order valence-electron chi connectivity index (χ0n) is 12.0. The Bertz CT molecular complexity index is 207. The summed E-state index contributed by atoms with van der Waals surface area (Å²) in [5, 5.41) is 3.61. The second-order valence-corrected chi connectivity index (χ2v) is 6.74. The lowest BCUT2D eigenvalue weighted by Crippen LogP contribution is -2.49. The van der Waals surface area contributed by atoms with Gasteiger partial charge in [0.05, 0.1) is 0 Å². The average Bonchev–Trinajstić information content (AvgIpc) is 2.16. The highest BCUT2D eigenvalue weighted by molar-refractivity contribution is 4.83. The van der Waals surface area contributed by atoms with Crippen molar-refractivity contribution in [3.05, 3.63) is 0 Å². The molecule has 1 N–H and O–H groups in total. The fourth-order valence-corrected chi connectivity index (χ4v) is 2.32. The molecule has 0 spiro atoms. The monoisotopic (exact) mass is 226 g/mol. The third-order valence-electron chi connectivity index (χ3n) is 4.01. The Morgan fingerprint density at radius 1 is 1.25 bits per heavy atom. The van der Waals surface area contributed by atoms with Crippen molar-refractivity contribution in [1.29, 1.82) is 0 Å². The van der Waals surface area contributed by atoms with Crippen molar-refractivity contribution >= 4 is 0 Å². The summed E-state index contributed by atoms with van der Waals surface area (Å²) in [6, 6.07) is 1.33. The van der Waals surface area contributed by atoms with Crippen molar-refractivity contribution in [1.82, 2.24) is 10.2 Å². The van der Waals surface area contributed by atoms with E-state index in [-0.39, 0.29) is 0 Å². The topological polar surface area (TPSA) is 15.3 Å². The molecule has 2 heteroatoms. The maximum absolute atomic E-state index is 3.61. The molecular formula is C14H30N2. The van der Waals surface area contributed by atoms with Gasteiger partial charge in [-0.05, 0) is 44.7 Å². The minimum Gasteiger partial charge on any atom is -0.314 e. The second kappa shape index (κ2) is 5.50. The van der Waals surface area contributed by atoms with E-state index in [4.69, 9.17) is 0 Å². The predicted octanol–water partition coefficient (Wildman–Crippen LogP) is 2.74. The van der Waals surface area contributed by atoms with Gasteiger partial charge in [0, 0.05) is 18.6 Å². The van der Waals surface area contributed by atoms with Gasteiger partial charge in [0.2, 0.25) is 0 Å². The highest BCUT2D eigenvalue weighted by atomic mass is 15.2. The molecule has 3 unspecified atom stereocenters. The lowest BCUT2D eigenvalue weighted by molar-refractivity contribution is 0.0852. The molecule has 0 radical (unpaired) electrons. The molecule has 1 fully saturated rings. The van der Waals surface area contributed by atoms with Crippen molar-refractivity contribution in [3.8, 4) is 0 Å². The van der Waals surface area contributed by atoms with Crippen LogP contribution in [0.1, 0.15) is 48.0 Å². The fraction of sp³-hybridized carbons (Fsp3) is 1.00. The lowest BCUT2D eigenvalue weighted by atomic mass is 9.86. The summed E-state index contributed by atoms with van der Waals surface area (Å²) in [6.07, 6.45) is 1.27. The quantitative estimate of drug-likeness (QED) is 0.739. The van der Waals surface area contributed by atoms with Crippen LogP contribution in [-0.4, -0.2) is 36.6 Å².